The van der Waals surface area contributed by atoms with Crippen LogP contribution in [0.3, 0.4) is 0 Å². The van der Waals surface area contributed by atoms with E-state index in [4.69, 9.17) is 0 Å². The molecule has 0 spiro atoms. The van der Waals surface area contributed by atoms with Crippen molar-refractivity contribution in [1.82, 2.24) is 25.8 Å². The van der Waals surface area contributed by atoms with Crippen molar-refractivity contribution in [2.75, 3.05) is 26.7 Å². The summed E-state index contributed by atoms with van der Waals surface area (Å²) in [6.45, 7) is 4.61. The van der Waals surface area contributed by atoms with Crippen LogP contribution in [0.2, 0.25) is 0 Å². The Balaban J connectivity index is 0.00000560. The average molecular weight is 590 g/mol. The predicted octanol–water partition coefficient (Wildman–Crippen LogP) is 2.68. The number of imide groups is 1. The van der Waals surface area contributed by atoms with Crippen LogP contribution >= 0.6 is 12.4 Å². The maximum absolute atomic E-state index is 13.5. The van der Waals surface area contributed by atoms with E-state index in [9.17, 15) is 32.3 Å². The molecule has 224 valence electrons. The fourth-order valence-electron chi connectivity index (χ4n) is 5.24. The van der Waals surface area contributed by atoms with Gasteiger partial charge in [-0.15, -0.1) is 12.4 Å². The number of hydrogen-bond donors (Lipinski definition) is 3. The summed E-state index contributed by atoms with van der Waals surface area (Å²) in [6.07, 6.45) is -3.14. The SMILES string of the molecule is CNC1CCN(C(=O)N[C@H](C(=O)NC(=O)[C@@H]2CCCN2[C@H](Cc2ccccc2)C(=O)C(F)(F)F)C(C)C)CC1.Cl. The molecule has 4 amide bonds. The molecule has 40 heavy (non-hydrogen) atoms. The quantitative estimate of drug-likeness (QED) is 0.409. The minimum absolute atomic E-state index is 0. The van der Waals surface area contributed by atoms with Gasteiger partial charge in [-0.25, -0.2) is 4.79 Å². The summed E-state index contributed by atoms with van der Waals surface area (Å²) in [5.74, 6) is -3.79. The van der Waals surface area contributed by atoms with Gasteiger partial charge in [-0.2, -0.15) is 13.2 Å². The van der Waals surface area contributed by atoms with E-state index in [1.165, 1.54) is 4.90 Å². The third-order valence-electron chi connectivity index (χ3n) is 7.52. The van der Waals surface area contributed by atoms with E-state index in [2.05, 4.69) is 16.0 Å². The summed E-state index contributed by atoms with van der Waals surface area (Å²) in [4.78, 5) is 54.4. The first-order valence-electron chi connectivity index (χ1n) is 13.4. The molecule has 2 heterocycles. The number of carbonyl (C=O) groups excluding carboxylic acids is 4. The van der Waals surface area contributed by atoms with Crippen LogP contribution in [-0.4, -0.2) is 90.5 Å². The number of rotatable bonds is 9. The summed E-state index contributed by atoms with van der Waals surface area (Å²) in [5.41, 5.74) is 0.531. The fraction of sp³-hybridized carbons (Fsp3) is 0.630. The van der Waals surface area contributed by atoms with Gasteiger partial charge in [0.05, 0.1) is 12.1 Å². The number of amides is 4. The van der Waals surface area contributed by atoms with Crippen LogP contribution in [0.25, 0.3) is 0 Å². The Morgan fingerprint density at radius 3 is 2.17 bits per heavy atom. The molecular weight excluding hydrogens is 551 g/mol. The van der Waals surface area contributed by atoms with E-state index in [0.717, 1.165) is 12.8 Å². The van der Waals surface area contributed by atoms with Gasteiger partial charge in [-0.1, -0.05) is 44.2 Å². The summed E-state index contributed by atoms with van der Waals surface area (Å²) in [5, 5.41) is 8.19. The number of urea groups is 1. The van der Waals surface area contributed by atoms with E-state index in [-0.39, 0.29) is 37.7 Å². The van der Waals surface area contributed by atoms with Crippen LogP contribution in [-0.2, 0) is 20.8 Å². The molecule has 2 aliphatic heterocycles. The number of nitrogens with one attached hydrogen (secondary N) is 3. The molecular formula is C27H39ClF3N5O4. The number of ketones is 1. The van der Waals surface area contributed by atoms with Gasteiger partial charge in [0.1, 0.15) is 6.04 Å². The number of piperidine rings is 1. The highest BCUT2D eigenvalue weighted by Crippen LogP contribution is 2.28. The Kier molecular flexibility index (Phi) is 12.4. The molecule has 3 atom stereocenters. The number of benzene rings is 1. The van der Waals surface area contributed by atoms with E-state index in [1.807, 2.05) is 7.05 Å². The topological polar surface area (TPSA) is 111 Å². The van der Waals surface area contributed by atoms with Gasteiger partial charge >= 0.3 is 12.2 Å². The molecule has 2 fully saturated rings. The first kappa shape index (κ1) is 33.5. The highest BCUT2D eigenvalue weighted by Gasteiger charge is 2.49. The standard InChI is InChI=1S/C27H38F3N5O4.ClH/c1-17(2)22(32-26(39)34-14-11-19(31-3)12-15-34)25(38)33-24(37)20-10-7-13-35(20)21(23(36)27(28,29)30)16-18-8-5-4-6-9-18;/h4-6,8-9,17,19-22,31H,7,10-16H2,1-3H3,(H,32,39)(H,33,37,38);1H/t20-,21+,22-;/m0./s1. The number of hydrogen-bond acceptors (Lipinski definition) is 6. The van der Waals surface area contributed by atoms with Crippen molar-refractivity contribution in [3.8, 4) is 0 Å². The Hall–Kier alpha value is -2.70. The zero-order chi connectivity index (χ0) is 28.7. The van der Waals surface area contributed by atoms with Crippen molar-refractivity contribution in [1.29, 1.82) is 0 Å². The van der Waals surface area contributed by atoms with Crippen LogP contribution in [0.4, 0.5) is 18.0 Å². The third kappa shape index (κ3) is 8.65. The Bertz CT molecular complexity index is 1020. The average Bonchev–Trinajstić information content (AvgIpc) is 3.39. The molecule has 0 aromatic heterocycles. The summed E-state index contributed by atoms with van der Waals surface area (Å²) in [7, 11) is 1.87. The molecule has 2 aliphatic rings. The van der Waals surface area contributed by atoms with Gasteiger partial charge in [-0.05, 0) is 57.2 Å². The number of likely N-dealkylation sites (tertiary alicyclic amines) is 2. The Labute approximate surface area is 239 Å². The van der Waals surface area contributed by atoms with Gasteiger partial charge in [0, 0.05) is 19.1 Å². The monoisotopic (exact) mass is 589 g/mol. The molecule has 1 aromatic carbocycles. The van der Waals surface area contributed by atoms with Crippen molar-refractivity contribution in [3.63, 3.8) is 0 Å². The minimum atomic E-state index is -5.08. The van der Waals surface area contributed by atoms with Crippen LogP contribution in [0.15, 0.2) is 30.3 Å². The van der Waals surface area contributed by atoms with Crippen molar-refractivity contribution in [2.45, 2.75) is 76.3 Å². The normalized spacial score (nSPS) is 20.0. The lowest BCUT2D eigenvalue weighted by molar-refractivity contribution is -0.177. The molecule has 1 aromatic rings. The molecule has 13 heteroatoms. The molecule has 3 rings (SSSR count). The number of carbonyl (C=O) groups is 4. The summed E-state index contributed by atoms with van der Waals surface area (Å²) >= 11 is 0. The van der Waals surface area contributed by atoms with Gasteiger partial charge in [-0.3, -0.25) is 24.6 Å². The molecule has 0 aliphatic carbocycles. The number of Topliss-reactive ketones (excluding diaryl/α,β-unsaturated/α-hetero) is 1. The predicted molar refractivity (Wildman–Crippen MR) is 146 cm³/mol. The van der Waals surface area contributed by atoms with Crippen molar-refractivity contribution in [2.24, 2.45) is 5.92 Å². The second-order valence-electron chi connectivity index (χ2n) is 10.5. The van der Waals surface area contributed by atoms with Gasteiger partial charge < -0.3 is 15.5 Å². The highest BCUT2D eigenvalue weighted by molar-refractivity contribution is 6.01. The molecule has 0 saturated carbocycles. The maximum atomic E-state index is 13.5. The van der Waals surface area contributed by atoms with Gasteiger partial charge in [0.25, 0.3) is 5.78 Å². The molecule has 3 N–H and O–H groups in total. The Morgan fingerprint density at radius 2 is 1.62 bits per heavy atom. The van der Waals surface area contributed by atoms with E-state index < -0.39 is 47.9 Å². The number of halogens is 4. The molecule has 0 unspecified atom stereocenters. The van der Waals surface area contributed by atoms with Crippen LogP contribution < -0.4 is 16.0 Å². The summed E-state index contributed by atoms with van der Waals surface area (Å²) < 4.78 is 40.6. The lowest BCUT2D eigenvalue weighted by atomic mass is 9.99. The second-order valence-corrected chi connectivity index (χ2v) is 10.5. The minimum Gasteiger partial charge on any atom is -0.326 e. The highest BCUT2D eigenvalue weighted by atomic mass is 35.5. The largest absolute Gasteiger partial charge is 0.451 e. The van der Waals surface area contributed by atoms with Gasteiger partial charge in [0.2, 0.25) is 11.8 Å². The van der Waals surface area contributed by atoms with Crippen LogP contribution in [0, 0.1) is 5.92 Å². The molecule has 0 radical (unpaired) electrons. The fourth-order valence-corrected chi connectivity index (χ4v) is 5.24. The smallest absolute Gasteiger partial charge is 0.326 e. The zero-order valence-corrected chi connectivity index (χ0v) is 23.8. The van der Waals surface area contributed by atoms with Crippen molar-refractivity contribution in [3.05, 3.63) is 35.9 Å². The first-order valence-corrected chi connectivity index (χ1v) is 13.4. The van der Waals surface area contributed by atoms with E-state index >= 15 is 0 Å². The molecule has 9 nitrogen and oxygen atoms in total. The second kappa shape index (κ2) is 14.8. The van der Waals surface area contributed by atoms with E-state index in [0.29, 0.717) is 31.1 Å². The molecule has 2 saturated heterocycles. The third-order valence-corrected chi connectivity index (χ3v) is 7.52. The zero-order valence-electron chi connectivity index (χ0n) is 23.0. The van der Waals surface area contributed by atoms with Crippen molar-refractivity contribution >= 4 is 36.0 Å². The first-order chi connectivity index (χ1) is 18.4. The molecule has 0 bridgehead atoms. The maximum Gasteiger partial charge on any atom is 0.451 e. The number of alkyl halides is 3. The summed E-state index contributed by atoms with van der Waals surface area (Å²) in [6, 6.07) is 4.52. The van der Waals surface area contributed by atoms with Crippen LogP contribution in [0.5, 0.6) is 0 Å². The lowest BCUT2D eigenvalue weighted by Gasteiger charge is -2.34. The van der Waals surface area contributed by atoms with Crippen LogP contribution in [0.1, 0.15) is 45.1 Å². The Morgan fingerprint density at radius 1 is 1.00 bits per heavy atom. The number of nitrogens with zero attached hydrogens (tertiary/aromatic N) is 2. The van der Waals surface area contributed by atoms with E-state index in [1.54, 1.807) is 49.1 Å². The van der Waals surface area contributed by atoms with Gasteiger partial charge in [0.15, 0.2) is 0 Å². The lowest BCUT2D eigenvalue weighted by Crippen LogP contribution is -2.59. The van der Waals surface area contributed by atoms with Crippen molar-refractivity contribution < 1.29 is 32.3 Å².